The molecule has 0 N–H and O–H groups in total. The normalized spacial score (nSPS) is 10.8. The SMILES string of the molecule is CCOC(=O)c1cn(-c2ccc(OCc3ccc(OC)cc3)cc2)c2cc(F)c(F)cc2c1=O. The zero-order chi connectivity index (χ0) is 24.2. The minimum Gasteiger partial charge on any atom is -0.497 e. The molecule has 0 aliphatic carbocycles. The summed E-state index contributed by atoms with van der Waals surface area (Å²) < 4.78 is 45.3. The number of carbonyl (C=O) groups is 1. The molecule has 6 nitrogen and oxygen atoms in total. The van der Waals surface area contributed by atoms with Crippen LogP contribution < -0.4 is 14.9 Å². The zero-order valence-corrected chi connectivity index (χ0v) is 18.5. The molecule has 0 aliphatic heterocycles. The van der Waals surface area contributed by atoms with Crippen molar-refractivity contribution in [3.05, 3.63) is 99.8 Å². The number of hydrogen-bond acceptors (Lipinski definition) is 5. The van der Waals surface area contributed by atoms with Gasteiger partial charge in [0.15, 0.2) is 11.6 Å². The number of hydrogen-bond donors (Lipinski definition) is 0. The number of pyridine rings is 1. The Morgan fingerprint density at radius 3 is 2.24 bits per heavy atom. The Balaban J connectivity index is 1.69. The van der Waals surface area contributed by atoms with Gasteiger partial charge in [-0.15, -0.1) is 0 Å². The van der Waals surface area contributed by atoms with Crippen molar-refractivity contribution >= 4 is 16.9 Å². The summed E-state index contributed by atoms with van der Waals surface area (Å²) >= 11 is 0. The van der Waals surface area contributed by atoms with Gasteiger partial charge in [-0.05, 0) is 55.0 Å². The molecule has 4 rings (SSSR count). The number of rotatable bonds is 7. The molecular weight excluding hydrogens is 444 g/mol. The van der Waals surface area contributed by atoms with Crippen molar-refractivity contribution in [3.8, 4) is 17.2 Å². The van der Waals surface area contributed by atoms with E-state index in [9.17, 15) is 18.4 Å². The van der Waals surface area contributed by atoms with Gasteiger partial charge in [0.1, 0.15) is 23.7 Å². The molecule has 174 valence electrons. The molecule has 8 heteroatoms. The summed E-state index contributed by atoms with van der Waals surface area (Å²) in [7, 11) is 1.60. The molecule has 0 unspecified atom stereocenters. The maximum atomic E-state index is 14.0. The van der Waals surface area contributed by atoms with Gasteiger partial charge < -0.3 is 18.8 Å². The topological polar surface area (TPSA) is 66.8 Å². The summed E-state index contributed by atoms with van der Waals surface area (Å²) in [6.07, 6.45) is 1.27. The van der Waals surface area contributed by atoms with Crippen LogP contribution in [0.2, 0.25) is 0 Å². The number of halogens is 2. The molecular formula is C26H21F2NO5. The maximum Gasteiger partial charge on any atom is 0.343 e. The highest BCUT2D eigenvalue weighted by Gasteiger charge is 2.19. The third-order valence-electron chi connectivity index (χ3n) is 5.22. The van der Waals surface area contributed by atoms with Crippen LogP contribution in [0, 0.1) is 11.6 Å². The number of benzene rings is 3. The van der Waals surface area contributed by atoms with Gasteiger partial charge in [0.2, 0.25) is 5.43 Å². The number of aromatic nitrogens is 1. The van der Waals surface area contributed by atoms with Crippen molar-refractivity contribution in [2.24, 2.45) is 0 Å². The molecule has 0 amide bonds. The van der Waals surface area contributed by atoms with Gasteiger partial charge >= 0.3 is 5.97 Å². The van der Waals surface area contributed by atoms with Crippen LogP contribution in [0.4, 0.5) is 8.78 Å². The highest BCUT2D eigenvalue weighted by Crippen LogP contribution is 2.23. The maximum absolute atomic E-state index is 14.0. The van der Waals surface area contributed by atoms with Crippen LogP contribution >= 0.6 is 0 Å². The Hall–Kier alpha value is -4.20. The van der Waals surface area contributed by atoms with Crippen LogP contribution in [0.1, 0.15) is 22.8 Å². The molecule has 0 radical (unpaired) electrons. The van der Waals surface area contributed by atoms with Crippen LogP contribution in [0.3, 0.4) is 0 Å². The van der Waals surface area contributed by atoms with Gasteiger partial charge in [-0.2, -0.15) is 0 Å². The molecule has 0 spiro atoms. The highest BCUT2D eigenvalue weighted by atomic mass is 19.2. The molecule has 0 fully saturated rings. The molecule has 0 saturated heterocycles. The predicted octanol–water partition coefficient (Wildman–Crippen LogP) is 5.03. The van der Waals surface area contributed by atoms with Gasteiger partial charge in [0.25, 0.3) is 0 Å². The third-order valence-corrected chi connectivity index (χ3v) is 5.22. The first-order valence-electron chi connectivity index (χ1n) is 10.5. The average Bonchev–Trinajstić information content (AvgIpc) is 2.85. The first-order valence-corrected chi connectivity index (χ1v) is 10.5. The predicted molar refractivity (Wildman–Crippen MR) is 123 cm³/mol. The van der Waals surface area contributed by atoms with E-state index in [2.05, 4.69) is 0 Å². The van der Waals surface area contributed by atoms with Crippen molar-refractivity contribution in [2.45, 2.75) is 13.5 Å². The lowest BCUT2D eigenvalue weighted by Crippen LogP contribution is -2.21. The van der Waals surface area contributed by atoms with Crippen LogP contribution in [-0.4, -0.2) is 24.3 Å². The van der Waals surface area contributed by atoms with E-state index >= 15 is 0 Å². The van der Waals surface area contributed by atoms with Gasteiger partial charge in [-0.25, -0.2) is 13.6 Å². The van der Waals surface area contributed by atoms with Crippen molar-refractivity contribution in [3.63, 3.8) is 0 Å². The average molecular weight is 465 g/mol. The standard InChI is InChI=1S/C26H21F2NO5/c1-3-33-26(31)21-14-29(24-13-23(28)22(27)12-20(24)25(21)30)17-6-10-19(11-7-17)34-15-16-4-8-18(32-2)9-5-16/h4-14H,3,15H2,1-2H3. The molecule has 0 aliphatic rings. The molecule has 0 atom stereocenters. The fraction of sp³-hybridized carbons (Fsp3) is 0.154. The first-order chi connectivity index (χ1) is 16.4. The fourth-order valence-electron chi connectivity index (χ4n) is 3.48. The number of esters is 1. The second-order valence-corrected chi connectivity index (χ2v) is 7.38. The summed E-state index contributed by atoms with van der Waals surface area (Å²) in [6.45, 7) is 2.01. The molecule has 1 aromatic heterocycles. The monoisotopic (exact) mass is 465 g/mol. The Labute approximate surface area is 193 Å². The highest BCUT2D eigenvalue weighted by molar-refractivity contribution is 5.94. The Morgan fingerprint density at radius 1 is 0.941 bits per heavy atom. The van der Waals surface area contributed by atoms with Crippen molar-refractivity contribution in [1.82, 2.24) is 4.57 Å². The number of nitrogens with zero attached hydrogens (tertiary/aromatic N) is 1. The summed E-state index contributed by atoms with van der Waals surface area (Å²) in [6, 6.07) is 16.0. The van der Waals surface area contributed by atoms with E-state index in [4.69, 9.17) is 14.2 Å². The zero-order valence-electron chi connectivity index (χ0n) is 18.5. The molecule has 0 bridgehead atoms. The lowest BCUT2D eigenvalue weighted by atomic mass is 10.1. The smallest absolute Gasteiger partial charge is 0.343 e. The second-order valence-electron chi connectivity index (χ2n) is 7.38. The molecule has 3 aromatic carbocycles. The first kappa shape index (κ1) is 23.0. The van der Waals surface area contributed by atoms with Crippen LogP contribution in [0.25, 0.3) is 16.6 Å². The Kier molecular flexibility index (Phi) is 6.58. The van der Waals surface area contributed by atoms with Gasteiger partial charge in [-0.1, -0.05) is 12.1 Å². The summed E-state index contributed by atoms with van der Waals surface area (Å²) in [4.78, 5) is 25.1. The lowest BCUT2D eigenvalue weighted by molar-refractivity contribution is 0.0524. The number of carbonyl (C=O) groups excluding carboxylic acids is 1. The number of ether oxygens (including phenoxy) is 3. The van der Waals surface area contributed by atoms with E-state index in [0.29, 0.717) is 18.0 Å². The van der Waals surface area contributed by atoms with Crippen LogP contribution in [-0.2, 0) is 11.3 Å². The van der Waals surface area contributed by atoms with Gasteiger partial charge in [0.05, 0.1) is 24.6 Å². The van der Waals surface area contributed by atoms with Crippen molar-refractivity contribution in [1.29, 1.82) is 0 Å². The Bertz CT molecular complexity index is 1400. The number of fused-ring (bicyclic) bond motifs is 1. The Morgan fingerprint density at radius 2 is 1.59 bits per heavy atom. The van der Waals surface area contributed by atoms with E-state index in [1.807, 2.05) is 24.3 Å². The lowest BCUT2D eigenvalue weighted by Gasteiger charge is -2.14. The second kappa shape index (κ2) is 9.74. The largest absolute Gasteiger partial charge is 0.497 e. The molecule has 34 heavy (non-hydrogen) atoms. The summed E-state index contributed by atoms with van der Waals surface area (Å²) in [5, 5.41) is -0.135. The third kappa shape index (κ3) is 4.61. The minimum atomic E-state index is -1.18. The van der Waals surface area contributed by atoms with Crippen LogP contribution in [0.5, 0.6) is 11.5 Å². The van der Waals surface area contributed by atoms with Crippen LogP contribution in [0.15, 0.2) is 71.7 Å². The van der Waals surface area contributed by atoms with E-state index in [0.717, 1.165) is 23.4 Å². The van der Waals surface area contributed by atoms with Crippen molar-refractivity contribution < 1.29 is 27.8 Å². The minimum absolute atomic E-state index is 0.0638. The molecule has 4 aromatic rings. The van der Waals surface area contributed by atoms with Crippen molar-refractivity contribution in [2.75, 3.05) is 13.7 Å². The fourth-order valence-corrected chi connectivity index (χ4v) is 3.48. The quantitative estimate of drug-likeness (QED) is 0.358. The van der Waals surface area contributed by atoms with E-state index in [-0.39, 0.29) is 23.1 Å². The molecule has 0 saturated carbocycles. The van der Waals surface area contributed by atoms with E-state index in [1.165, 1.54) is 10.8 Å². The molecule has 1 heterocycles. The summed E-state index contributed by atoms with van der Waals surface area (Å²) in [5.41, 5.74) is 0.568. The van der Waals surface area contributed by atoms with Gasteiger partial charge in [0, 0.05) is 18.0 Å². The van der Waals surface area contributed by atoms with E-state index < -0.39 is 23.0 Å². The van der Waals surface area contributed by atoms with Gasteiger partial charge in [-0.3, -0.25) is 4.79 Å². The summed E-state index contributed by atoms with van der Waals surface area (Å²) in [5.74, 6) is -1.80. The number of methoxy groups -OCH3 is 1. The van der Waals surface area contributed by atoms with E-state index in [1.54, 1.807) is 38.3 Å².